The standard InChI is InChI=1S/C48H73N5O/c1-32-16-19-45(5)38(43(32,2)3)18-20-47(7)39(45)15-14-35-40-34(44(4)22-23-44)17-21-48(40,25-24-46(35,47)6)42(54)53-27-11-13-37(53)41-50-36(33-12-10-26-49-30-33)31-52(41)29-28-51(8)9/h10,12,26,30-32,34-35,37-40H,11,13-25,27-29H2,1-9H3/t32-,34+,35+,37-,38-,39+,40+,45-,46+,47+,48-/m0/s1. The fraction of sp³-hybridized carbons (Fsp3) is 0.812. The first-order valence-electron chi connectivity index (χ1n) is 22.5. The van der Waals surface area contributed by atoms with Crippen LogP contribution in [0.1, 0.15) is 150 Å². The van der Waals surface area contributed by atoms with E-state index < -0.39 is 0 Å². The Labute approximate surface area is 328 Å². The number of carbonyl (C=O) groups is 1. The summed E-state index contributed by atoms with van der Waals surface area (Å²) in [7, 11) is 4.29. The van der Waals surface area contributed by atoms with Crippen molar-refractivity contribution in [2.24, 2.45) is 68.0 Å². The molecular weight excluding hydrogens is 663 g/mol. The zero-order valence-electron chi connectivity index (χ0n) is 35.6. The summed E-state index contributed by atoms with van der Waals surface area (Å²) in [5.41, 5.74) is 3.75. The molecule has 6 nitrogen and oxygen atoms in total. The molecule has 7 aliphatic rings. The first-order valence-corrected chi connectivity index (χ1v) is 22.5. The molecule has 6 saturated carbocycles. The molecule has 9 rings (SSSR count). The molecule has 2 aromatic rings. The molecule has 1 saturated heterocycles. The van der Waals surface area contributed by atoms with Gasteiger partial charge in [0.15, 0.2) is 0 Å². The number of carbonyl (C=O) groups excluding carboxylic acids is 1. The van der Waals surface area contributed by atoms with Gasteiger partial charge in [0.25, 0.3) is 0 Å². The Bertz CT molecular complexity index is 1740. The number of nitrogens with zero attached hydrogens (tertiary/aromatic N) is 5. The van der Waals surface area contributed by atoms with E-state index in [1.165, 1.54) is 64.2 Å². The van der Waals surface area contributed by atoms with Gasteiger partial charge in [0.05, 0.1) is 17.2 Å². The second kappa shape index (κ2) is 12.6. The number of likely N-dealkylation sites (tertiary alicyclic amines) is 1. The topological polar surface area (TPSA) is 54.3 Å². The molecule has 6 heteroatoms. The summed E-state index contributed by atoms with van der Waals surface area (Å²) in [6.07, 6.45) is 23.8. The van der Waals surface area contributed by atoms with Gasteiger partial charge in [0, 0.05) is 43.8 Å². The molecule has 3 heterocycles. The highest BCUT2D eigenvalue weighted by Gasteiger charge is 2.73. The third-order valence-electron chi connectivity index (χ3n) is 19.7. The van der Waals surface area contributed by atoms with Crippen LogP contribution in [0.25, 0.3) is 11.3 Å². The van der Waals surface area contributed by atoms with Gasteiger partial charge in [-0.2, -0.15) is 0 Å². The summed E-state index contributed by atoms with van der Waals surface area (Å²) in [5.74, 6) is 5.90. The maximum atomic E-state index is 15.9. The van der Waals surface area contributed by atoms with E-state index in [9.17, 15) is 0 Å². The minimum Gasteiger partial charge on any atom is -0.332 e. The molecule has 0 radical (unpaired) electrons. The summed E-state index contributed by atoms with van der Waals surface area (Å²) >= 11 is 0. The van der Waals surface area contributed by atoms with E-state index in [1.807, 2.05) is 18.5 Å². The lowest BCUT2D eigenvalue weighted by atomic mass is 9.32. The fourth-order valence-corrected chi connectivity index (χ4v) is 15.9. The van der Waals surface area contributed by atoms with Crippen molar-refractivity contribution in [3.63, 3.8) is 0 Å². The Hall–Kier alpha value is -2.21. The van der Waals surface area contributed by atoms with Gasteiger partial charge in [0.1, 0.15) is 5.82 Å². The lowest BCUT2D eigenvalue weighted by molar-refractivity contribution is -0.244. The number of likely N-dealkylation sites (N-methyl/N-ethyl adjacent to an activating group) is 1. The molecule has 1 amide bonds. The monoisotopic (exact) mass is 736 g/mol. The summed E-state index contributed by atoms with van der Waals surface area (Å²) in [4.78, 5) is 30.3. The van der Waals surface area contributed by atoms with Crippen LogP contribution in [0.4, 0.5) is 0 Å². The fourth-order valence-electron chi connectivity index (χ4n) is 15.9. The molecule has 0 aromatic carbocycles. The molecule has 0 N–H and O–H groups in total. The van der Waals surface area contributed by atoms with Crippen LogP contribution in [0, 0.1) is 68.0 Å². The molecule has 7 fully saturated rings. The van der Waals surface area contributed by atoms with Crippen molar-refractivity contribution >= 4 is 5.91 Å². The van der Waals surface area contributed by atoms with Gasteiger partial charge in [0.2, 0.25) is 5.91 Å². The third kappa shape index (κ3) is 5.21. The number of hydrogen-bond acceptors (Lipinski definition) is 4. The molecule has 6 aliphatic carbocycles. The van der Waals surface area contributed by atoms with Crippen LogP contribution >= 0.6 is 0 Å². The highest BCUT2D eigenvalue weighted by Crippen LogP contribution is 2.79. The van der Waals surface area contributed by atoms with E-state index in [0.717, 1.165) is 80.2 Å². The molecular formula is C48H73N5O. The molecule has 11 atom stereocenters. The second-order valence-electron chi connectivity index (χ2n) is 22.3. The van der Waals surface area contributed by atoms with Gasteiger partial charge in [-0.15, -0.1) is 0 Å². The number of fused-ring (bicyclic) bond motifs is 7. The highest BCUT2D eigenvalue weighted by molar-refractivity contribution is 5.84. The lowest BCUT2D eigenvalue weighted by Crippen LogP contribution is -2.67. The van der Waals surface area contributed by atoms with Crippen molar-refractivity contribution in [2.75, 3.05) is 27.2 Å². The van der Waals surface area contributed by atoms with Gasteiger partial charge in [-0.05, 0) is 179 Å². The van der Waals surface area contributed by atoms with Crippen LogP contribution in [-0.2, 0) is 11.3 Å². The SMILES string of the molecule is C[C@H]1CC[C@]2(C)[C@H]3CC[C@@H]4[C@H]5[C@H](C6(C)CC6)CC[C@]5(C(=O)N5CCC[C@H]5c5nc(-c6cccnc6)cn5CCN(C)C)CC[C@@]4(C)[C@]3(C)CC[C@H]2C1(C)C. The highest BCUT2D eigenvalue weighted by atomic mass is 16.2. The van der Waals surface area contributed by atoms with E-state index in [4.69, 9.17) is 4.98 Å². The van der Waals surface area contributed by atoms with Crippen molar-refractivity contribution in [1.29, 1.82) is 0 Å². The number of hydrogen-bond donors (Lipinski definition) is 0. The number of pyridine rings is 1. The zero-order chi connectivity index (χ0) is 38.1. The average molecular weight is 736 g/mol. The van der Waals surface area contributed by atoms with Crippen LogP contribution < -0.4 is 0 Å². The Kier molecular flexibility index (Phi) is 8.75. The third-order valence-corrected chi connectivity index (χ3v) is 19.7. The predicted molar refractivity (Wildman–Crippen MR) is 218 cm³/mol. The molecule has 54 heavy (non-hydrogen) atoms. The van der Waals surface area contributed by atoms with Gasteiger partial charge >= 0.3 is 0 Å². The van der Waals surface area contributed by atoms with Gasteiger partial charge in [-0.25, -0.2) is 4.98 Å². The maximum Gasteiger partial charge on any atom is 0.229 e. The lowest BCUT2D eigenvalue weighted by Gasteiger charge is -2.73. The second-order valence-corrected chi connectivity index (χ2v) is 22.3. The Morgan fingerprint density at radius 3 is 2.37 bits per heavy atom. The van der Waals surface area contributed by atoms with E-state index in [1.54, 1.807) is 0 Å². The molecule has 0 bridgehead atoms. The van der Waals surface area contributed by atoms with Crippen LogP contribution in [0.15, 0.2) is 30.7 Å². The first kappa shape index (κ1) is 37.4. The molecule has 2 aromatic heterocycles. The summed E-state index contributed by atoms with van der Waals surface area (Å²) in [6, 6.07) is 4.16. The first-order chi connectivity index (χ1) is 25.6. The Morgan fingerprint density at radius 1 is 0.852 bits per heavy atom. The normalized spacial score (nSPS) is 43.3. The van der Waals surface area contributed by atoms with Crippen molar-refractivity contribution in [1.82, 2.24) is 24.3 Å². The van der Waals surface area contributed by atoms with Gasteiger partial charge < -0.3 is 14.4 Å². The number of amides is 1. The molecule has 0 spiro atoms. The summed E-state index contributed by atoms with van der Waals surface area (Å²) in [5, 5.41) is 0. The summed E-state index contributed by atoms with van der Waals surface area (Å²) < 4.78 is 2.38. The minimum absolute atomic E-state index is 0.0458. The smallest absolute Gasteiger partial charge is 0.229 e. The van der Waals surface area contributed by atoms with Gasteiger partial charge in [-0.1, -0.05) is 48.5 Å². The largest absolute Gasteiger partial charge is 0.332 e. The van der Waals surface area contributed by atoms with Crippen LogP contribution in [0.5, 0.6) is 0 Å². The van der Waals surface area contributed by atoms with Crippen molar-refractivity contribution in [2.45, 2.75) is 151 Å². The number of aromatic nitrogens is 3. The molecule has 1 aliphatic heterocycles. The van der Waals surface area contributed by atoms with Crippen LogP contribution in [0.3, 0.4) is 0 Å². The van der Waals surface area contributed by atoms with Crippen molar-refractivity contribution in [3.8, 4) is 11.3 Å². The molecule has 0 unspecified atom stereocenters. The van der Waals surface area contributed by atoms with E-state index in [2.05, 4.69) is 94.2 Å². The van der Waals surface area contributed by atoms with Crippen LogP contribution in [0.2, 0.25) is 0 Å². The average Bonchev–Trinajstić information content (AvgIpc) is 3.49. The number of imidazole rings is 1. The Balaban J connectivity index is 1.07. The van der Waals surface area contributed by atoms with E-state index in [0.29, 0.717) is 50.7 Å². The quantitative estimate of drug-likeness (QED) is 0.284. The van der Waals surface area contributed by atoms with Gasteiger partial charge in [-0.3, -0.25) is 9.78 Å². The molecule has 296 valence electrons. The Morgan fingerprint density at radius 2 is 1.65 bits per heavy atom. The zero-order valence-corrected chi connectivity index (χ0v) is 35.6. The van der Waals surface area contributed by atoms with E-state index >= 15 is 4.79 Å². The maximum absolute atomic E-state index is 15.9. The summed E-state index contributed by atoms with van der Waals surface area (Å²) in [6.45, 7) is 21.4. The minimum atomic E-state index is -0.219. The number of rotatable bonds is 7. The van der Waals surface area contributed by atoms with Crippen LogP contribution in [-0.4, -0.2) is 57.4 Å². The predicted octanol–water partition coefficient (Wildman–Crippen LogP) is 10.7. The van der Waals surface area contributed by atoms with E-state index in [-0.39, 0.29) is 11.5 Å². The van der Waals surface area contributed by atoms with Crippen molar-refractivity contribution in [3.05, 3.63) is 36.5 Å². The van der Waals surface area contributed by atoms with Crippen molar-refractivity contribution < 1.29 is 4.79 Å².